The minimum absolute atomic E-state index is 0.107. The molecule has 2 aliphatic rings. The number of ether oxygens (including phenoxy) is 1. The summed E-state index contributed by atoms with van der Waals surface area (Å²) < 4.78 is 8.16. The van der Waals surface area contributed by atoms with Crippen molar-refractivity contribution in [2.75, 3.05) is 40.3 Å². The number of amides is 1. The van der Waals surface area contributed by atoms with Gasteiger partial charge < -0.3 is 15.0 Å². The van der Waals surface area contributed by atoms with E-state index < -0.39 is 0 Å². The highest BCUT2D eigenvalue weighted by molar-refractivity contribution is 5.77. The molecule has 1 aromatic carbocycles. The fraction of sp³-hybridized carbons (Fsp3) is 0.591. The zero-order valence-corrected chi connectivity index (χ0v) is 18.0. The predicted molar refractivity (Wildman–Crippen MR) is 114 cm³/mol. The van der Waals surface area contributed by atoms with Crippen molar-refractivity contribution in [2.45, 2.75) is 43.9 Å². The maximum Gasteiger partial charge on any atom is 0.236 e. The van der Waals surface area contributed by atoms with Crippen LogP contribution in [-0.4, -0.2) is 82.7 Å². The van der Waals surface area contributed by atoms with Crippen LogP contribution in [0.25, 0.3) is 5.69 Å². The van der Waals surface area contributed by atoms with Gasteiger partial charge in [-0.3, -0.25) is 9.69 Å². The van der Waals surface area contributed by atoms with Gasteiger partial charge in [0, 0.05) is 39.8 Å². The van der Waals surface area contributed by atoms with Crippen LogP contribution in [0.2, 0.25) is 0 Å². The first kappa shape index (κ1) is 21.0. The van der Waals surface area contributed by atoms with Crippen molar-refractivity contribution in [3.63, 3.8) is 0 Å². The van der Waals surface area contributed by atoms with Crippen molar-refractivity contribution in [1.82, 2.24) is 30.1 Å². The highest BCUT2D eigenvalue weighted by Crippen LogP contribution is 2.35. The van der Waals surface area contributed by atoms with Gasteiger partial charge in [-0.25, -0.2) is 4.68 Å². The van der Waals surface area contributed by atoms with E-state index in [1.807, 2.05) is 6.20 Å². The Morgan fingerprint density at radius 3 is 2.87 bits per heavy atom. The van der Waals surface area contributed by atoms with Crippen molar-refractivity contribution in [3.05, 3.63) is 42.2 Å². The molecule has 2 aromatic rings. The molecule has 1 N–H and O–H groups in total. The zero-order valence-electron chi connectivity index (χ0n) is 18.0. The fourth-order valence-electron chi connectivity index (χ4n) is 4.60. The number of nitrogens with one attached hydrogen (secondary N) is 1. The van der Waals surface area contributed by atoms with Crippen molar-refractivity contribution in [3.8, 4) is 5.69 Å². The van der Waals surface area contributed by atoms with E-state index in [0.717, 1.165) is 44.8 Å². The first-order valence-corrected chi connectivity index (χ1v) is 10.8. The predicted octanol–water partition coefficient (Wildman–Crippen LogP) is 1.46. The number of benzene rings is 1. The van der Waals surface area contributed by atoms with Crippen LogP contribution in [0, 0.1) is 0 Å². The monoisotopic (exact) mass is 412 g/mol. The molecule has 8 nitrogen and oxygen atoms in total. The van der Waals surface area contributed by atoms with E-state index in [9.17, 15) is 4.79 Å². The molecule has 1 amide bonds. The second-order valence-corrected chi connectivity index (χ2v) is 8.61. The van der Waals surface area contributed by atoms with E-state index in [4.69, 9.17) is 4.74 Å². The molecule has 2 heterocycles. The van der Waals surface area contributed by atoms with Gasteiger partial charge in [-0.15, -0.1) is 5.10 Å². The van der Waals surface area contributed by atoms with Gasteiger partial charge in [-0.05, 0) is 30.5 Å². The standard InChI is InChI=1S/C22H32N6O2/c1-26(2)21(29)15-23-20-5-3-4-10-22(20)17-27(13-14-30-22)16-18-6-8-19(9-7-18)28-12-11-24-25-28/h6-9,11-12,20,23H,3-5,10,13-17H2,1-2H3/t20-,22-/m1/s1. The molecule has 0 radical (unpaired) electrons. The van der Waals surface area contributed by atoms with Crippen LogP contribution in [-0.2, 0) is 16.1 Å². The first-order chi connectivity index (χ1) is 14.6. The largest absolute Gasteiger partial charge is 0.371 e. The van der Waals surface area contributed by atoms with Crippen LogP contribution in [0.3, 0.4) is 0 Å². The molecule has 1 aromatic heterocycles. The van der Waals surface area contributed by atoms with Gasteiger partial charge in [0.05, 0.1) is 36.8 Å². The average molecular weight is 413 g/mol. The molecule has 0 unspecified atom stereocenters. The van der Waals surface area contributed by atoms with Crippen LogP contribution >= 0.6 is 0 Å². The summed E-state index contributed by atoms with van der Waals surface area (Å²) >= 11 is 0. The summed E-state index contributed by atoms with van der Waals surface area (Å²) in [6.07, 6.45) is 7.99. The van der Waals surface area contributed by atoms with Crippen LogP contribution in [0.5, 0.6) is 0 Å². The second kappa shape index (κ2) is 9.24. The van der Waals surface area contributed by atoms with Crippen molar-refractivity contribution < 1.29 is 9.53 Å². The van der Waals surface area contributed by atoms with Crippen molar-refractivity contribution in [2.24, 2.45) is 0 Å². The van der Waals surface area contributed by atoms with E-state index in [0.29, 0.717) is 6.54 Å². The van der Waals surface area contributed by atoms with Gasteiger partial charge in [0.1, 0.15) is 0 Å². The topological polar surface area (TPSA) is 75.5 Å². The van der Waals surface area contributed by atoms with Gasteiger partial charge >= 0.3 is 0 Å². The van der Waals surface area contributed by atoms with Crippen LogP contribution in [0.4, 0.5) is 0 Å². The summed E-state index contributed by atoms with van der Waals surface area (Å²) in [6.45, 7) is 3.82. The normalized spacial score (nSPS) is 24.8. The molecule has 1 aliphatic heterocycles. The lowest BCUT2D eigenvalue weighted by Gasteiger charge is -2.50. The Balaban J connectivity index is 1.40. The Hall–Kier alpha value is -2.29. The number of likely N-dealkylation sites (N-methyl/N-ethyl adjacent to an activating group) is 1. The summed E-state index contributed by atoms with van der Waals surface area (Å²) in [4.78, 5) is 16.2. The molecule has 162 valence electrons. The first-order valence-electron chi connectivity index (χ1n) is 10.8. The third-order valence-corrected chi connectivity index (χ3v) is 6.29. The lowest BCUT2D eigenvalue weighted by molar-refractivity contribution is -0.147. The molecule has 1 aliphatic carbocycles. The van der Waals surface area contributed by atoms with E-state index >= 15 is 0 Å². The van der Waals surface area contributed by atoms with E-state index in [2.05, 4.69) is 44.8 Å². The fourth-order valence-corrected chi connectivity index (χ4v) is 4.60. The van der Waals surface area contributed by atoms with Gasteiger partial charge in [-0.1, -0.05) is 30.2 Å². The molecule has 1 saturated heterocycles. The number of hydrogen-bond acceptors (Lipinski definition) is 6. The smallest absolute Gasteiger partial charge is 0.236 e. The van der Waals surface area contributed by atoms with E-state index in [1.165, 1.54) is 18.4 Å². The van der Waals surface area contributed by atoms with Gasteiger partial charge in [0.15, 0.2) is 0 Å². The summed E-state index contributed by atoms with van der Waals surface area (Å²) in [5.41, 5.74) is 2.08. The minimum atomic E-state index is -0.205. The Bertz CT molecular complexity index is 819. The molecule has 1 spiro atoms. The van der Waals surface area contributed by atoms with Crippen LogP contribution in [0.1, 0.15) is 31.2 Å². The Kier molecular flexibility index (Phi) is 6.46. The summed E-state index contributed by atoms with van der Waals surface area (Å²) in [5.74, 6) is 0.107. The molecule has 4 rings (SSSR count). The Morgan fingerprint density at radius 1 is 1.30 bits per heavy atom. The number of nitrogens with zero attached hydrogens (tertiary/aromatic N) is 5. The van der Waals surface area contributed by atoms with Crippen LogP contribution < -0.4 is 5.32 Å². The van der Waals surface area contributed by atoms with Gasteiger partial charge in [0.25, 0.3) is 0 Å². The summed E-state index contributed by atoms with van der Waals surface area (Å²) in [5, 5.41) is 11.4. The quantitative estimate of drug-likeness (QED) is 0.774. The number of carbonyl (C=O) groups excluding carboxylic acids is 1. The van der Waals surface area contributed by atoms with Crippen molar-refractivity contribution >= 4 is 5.91 Å². The lowest BCUT2D eigenvalue weighted by Crippen LogP contribution is -2.63. The molecule has 8 heteroatoms. The molecular formula is C22H32N6O2. The molecule has 2 atom stereocenters. The van der Waals surface area contributed by atoms with Crippen LogP contribution in [0.15, 0.2) is 36.7 Å². The molecular weight excluding hydrogens is 380 g/mol. The molecule has 1 saturated carbocycles. The third kappa shape index (κ3) is 4.71. The van der Waals surface area contributed by atoms with E-state index in [-0.39, 0.29) is 17.6 Å². The number of carbonyl (C=O) groups is 1. The van der Waals surface area contributed by atoms with Gasteiger partial charge in [0.2, 0.25) is 5.91 Å². The molecule has 2 fully saturated rings. The highest BCUT2D eigenvalue weighted by atomic mass is 16.5. The van der Waals surface area contributed by atoms with Gasteiger partial charge in [-0.2, -0.15) is 0 Å². The SMILES string of the molecule is CN(C)C(=O)CN[C@@H]1CCCC[C@@]12CN(Cc1ccc(-n3ccnn3)cc1)CCO2. The number of rotatable bonds is 6. The molecule has 30 heavy (non-hydrogen) atoms. The summed E-state index contributed by atoms with van der Waals surface area (Å²) in [6, 6.07) is 8.69. The maximum atomic E-state index is 12.1. The number of morpholine rings is 1. The highest BCUT2D eigenvalue weighted by Gasteiger charge is 2.45. The minimum Gasteiger partial charge on any atom is -0.371 e. The molecule has 0 bridgehead atoms. The lowest BCUT2D eigenvalue weighted by atomic mass is 9.78. The Morgan fingerprint density at radius 2 is 2.13 bits per heavy atom. The maximum absolute atomic E-state index is 12.1. The summed E-state index contributed by atoms with van der Waals surface area (Å²) in [7, 11) is 3.60. The zero-order chi connectivity index (χ0) is 21.0. The Labute approximate surface area is 178 Å². The van der Waals surface area contributed by atoms with E-state index in [1.54, 1.807) is 29.9 Å². The van der Waals surface area contributed by atoms with Crippen molar-refractivity contribution in [1.29, 1.82) is 0 Å². The second-order valence-electron chi connectivity index (χ2n) is 8.61. The number of aromatic nitrogens is 3. The number of hydrogen-bond donors (Lipinski definition) is 1. The average Bonchev–Trinajstić information content (AvgIpc) is 3.28. The third-order valence-electron chi connectivity index (χ3n) is 6.29.